The van der Waals surface area contributed by atoms with Crippen LogP contribution in [0.1, 0.15) is 59.8 Å². The molecule has 0 bridgehead atoms. The van der Waals surface area contributed by atoms with Crippen molar-refractivity contribution >= 4 is 34.1 Å². The Hall–Kier alpha value is -1.89. The molecular weight excluding hydrogens is 328 g/mol. The lowest BCUT2D eigenvalue weighted by Gasteiger charge is -2.24. The zero-order valence-corrected chi connectivity index (χ0v) is 15.0. The number of carboxylic acids is 1. The first-order valence-corrected chi connectivity index (χ1v) is 9.18. The monoisotopic (exact) mass is 352 g/mol. The molecule has 24 heavy (non-hydrogen) atoms. The summed E-state index contributed by atoms with van der Waals surface area (Å²) in [7, 11) is 0. The van der Waals surface area contributed by atoms with Gasteiger partial charge >= 0.3 is 5.97 Å². The van der Waals surface area contributed by atoms with E-state index in [0.29, 0.717) is 24.4 Å². The molecule has 1 aliphatic rings. The zero-order chi connectivity index (χ0) is 17.7. The Morgan fingerprint density at radius 1 is 1.25 bits per heavy atom. The van der Waals surface area contributed by atoms with Gasteiger partial charge in [-0.2, -0.15) is 0 Å². The molecule has 2 amide bonds. The SMILES string of the molecule is CCc1c(C)sc(NC(=O)CN2CCCCCCC2=O)c1C(=O)O. The van der Waals surface area contributed by atoms with Crippen molar-refractivity contribution in [3.8, 4) is 0 Å². The van der Waals surface area contributed by atoms with Gasteiger partial charge in [-0.1, -0.05) is 19.8 Å². The van der Waals surface area contributed by atoms with Gasteiger partial charge in [0, 0.05) is 17.8 Å². The summed E-state index contributed by atoms with van der Waals surface area (Å²) in [6.07, 6.45) is 4.97. The van der Waals surface area contributed by atoms with Crippen LogP contribution in [-0.2, 0) is 16.0 Å². The van der Waals surface area contributed by atoms with Gasteiger partial charge in [0.1, 0.15) is 5.00 Å². The van der Waals surface area contributed by atoms with Gasteiger partial charge in [-0.05, 0) is 31.7 Å². The van der Waals surface area contributed by atoms with Crippen LogP contribution < -0.4 is 5.32 Å². The Morgan fingerprint density at radius 3 is 2.62 bits per heavy atom. The van der Waals surface area contributed by atoms with E-state index in [2.05, 4.69) is 5.32 Å². The van der Waals surface area contributed by atoms with Gasteiger partial charge in [-0.3, -0.25) is 9.59 Å². The van der Waals surface area contributed by atoms with Gasteiger partial charge in [-0.25, -0.2) is 4.79 Å². The maximum absolute atomic E-state index is 12.3. The minimum atomic E-state index is -1.03. The third-order valence-electron chi connectivity index (χ3n) is 4.29. The number of carboxylic acid groups (broad SMARTS) is 1. The summed E-state index contributed by atoms with van der Waals surface area (Å²) >= 11 is 1.28. The molecule has 2 N–H and O–H groups in total. The molecule has 0 atom stereocenters. The molecule has 0 spiro atoms. The number of anilines is 1. The number of nitrogens with zero attached hydrogens (tertiary/aromatic N) is 1. The maximum atomic E-state index is 12.3. The third kappa shape index (κ3) is 4.35. The predicted octanol–water partition coefficient (Wildman–Crippen LogP) is 3.05. The van der Waals surface area contributed by atoms with Crippen LogP contribution in [-0.4, -0.2) is 40.9 Å². The quantitative estimate of drug-likeness (QED) is 0.853. The fraction of sp³-hybridized carbons (Fsp3) is 0.588. The molecule has 2 heterocycles. The van der Waals surface area contributed by atoms with Gasteiger partial charge in [-0.15, -0.1) is 11.3 Å². The smallest absolute Gasteiger partial charge is 0.339 e. The maximum Gasteiger partial charge on any atom is 0.339 e. The Labute approximate surface area is 145 Å². The van der Waals surface area contributed by atoms with E-state index in [1.807, 2.05) is 13.8 Å². The molecule has 1 aromatic rings. The normalized spacial score (nSPS) is 15.8. The highest BCUT2D eigenvalue weighted by atomic mass is 32.1. The molecule has 7 heteroatoms. The molecule has 0 saturated carbocycles. The van der Waals surface area contributed by atoms with Gasteiger partial charge in [0.15, 0.2) is 0 Å². The second kappa shape index (κ2) is 8.28. The minimum Gasteiger partial charge on any atom is -0.478 e. The van der Waals surface area contributed by atoms with E-state index in [0.717, 1.165) is 36.1 Å². The highest BCUT2D eigenvalue weighted by Gasteiger charge is 2.23. The molecule has 0 aromatic carbocycles. The first-order valence-electron chi connectivity index (χ1n) is 8.37. The number of hydrogen-bond donors (Lipinski definition) is 2. The topological polar surface area (TPSA) is 86.7 Å². The second-order valence-electron chi connectivity index (χ2n) is 6.03. The molecule has 1 saturated heterocycles. The van der Waals surface area contributed by atoms with Crippen molar-refractivity contribution in [3.05, 3.63) is 16.0 Å². The molecule has 6 nitrogen and oxygen atoms in total. The van der Waals surface area contributed by atoms with E-state index in [1.54, 1.807) is 4.90 Å². The van der Waals surface area contributed by atoms with Gasteiger partial charge in [0.2, 0.25) is 11.8 Å². The van der Waals surface area contributed by atoms with Gasteiger partial charge in [0.25, 0.3) is 0 Å². The Morgan fingerprint density at radius 2 is 1.96 bits per heavy atom. The minimum absolute atomic E-state index is 0.0000783. The average molecular weight is 352 g/mol. The molecule has 2 rings (SSSR count). The Bertz CT molecular complexity index is 639. The van der Waals surface area contributed by atoms with E-state index < -0.39 is 5.97 Å². The van der Waals surface area contributed by atoms with E-state index in [1.165, 1.54) is 11.3 Å². The summed E-state index contributed by atoms with van der Waals surface area (Å²) < 4.78 is 0. The van der Waals surface area contributed by atoms with Crippen LogP contribution in [0.15, 0.2) is 0 Å². The number of hydrogen-bond acceptors (Lipinski definition) is 4. The number of aryl methyl sites for hydroxylation is 1. The van der Waals surface area contributed by atoms with Gasteiger partial charge < -0.3 is 15.3 Å². The van der Waals surface area contributed by atoms with Crippen molar-refractivity contribution in [2.45, 2.75) is 52.4 Å². The summed E-state index contributed by atoms with van der Waals surface area (Å²) in [5, 5.41) is 12.5. The number of aromatic carboxylic acids is 1. The summed E-state index contributed by atoms with van der Waals surface area (Å²) in [5.74, 6) is -1.37. The second-order valence-corrected chi connectivity index (χ2v) is 7.25. The lowest BCUT2D eigenvalue weighted by molar-refractivity contribution is -0.135. The number of carbonyl (C=O) groups excluding carboxylic acids is 2. The molecule has 1 fully saturated rings. The van der Waals surface area contributed by atoms with Gasteiger partial charge in [0.05, 0.1) is 12.1 Å². The number of rotatable bonds is 5. The number of thiophene rings is 1. The van der Waals surface area contributed by atoms with Crippen molar-refractivity contribution in [2.75, 3.05) is 18.4 Å². The van der Waals surface area contributed by atoms with E-state index >= 15 is 0 Å². The molecule has 1 aliphatic heterocycles. The Kier molecular flexibility index (Phi) is 6.36. The van der Waals surface area contributed by atoms with E-state index in [9.17, 15) is 19.5 Å². The molecule has 0 radical (unpaired) electrons. The number of nitrogens with one attached hydrogen (secondary N) is 1. The first-order chi connectivity index (χ1) is 11.4. The largest absolute Gasteiger partial charge is 0.478 e. The average Bonchev–Trinajstić information content (AvgIpc) is 2.82. The molecule has 0 aliphatic carbocycles. The number of amides is 2. The van der Waals surface area contributed by atoms with Crippen LogP contribution in [0.4, 0.5) is 5.00 Å². The van der Waals surface area contributed by atoms with Crippen molar-refractivity contribution < 1.29 is 19.5 Å². The fourth-order valence-electron chi connectivity index (χ4n) is 3.04. The summed E-state index contributed by atoms with van der Waals surface area (Å²) in [4.78, 5) is 38.4. The molecular formula is C17H24N2O4S. The van der Waals surface area contributed by atoms with Crippen LogP contribution in [0.3, 0.4) is 0 Å². The van der Waals surface area contributed by atoms with Crippen molar-refractivity contribution in [2.24, 2.45) is 0 Å². The highest BCUT2D eigenvalue weighted by Crippen LogP contribution is 2.33. The Balaban J connectivity index is 2.09. The number of likely N-dealkylation sites (tertiary alicyclic amines) is 1. The van der Waals surface area contributed by atoms with E-state index in [4.69, 9.17) is 0 Å². The highest BCUT2D eigenvalue weighted by molar-refractivity contribution is 7.16. The zero-order valence-electron chi connectivity index (χ0n) is 14.2. The molecule has 1 aromatic heterocycles. The van der Waals surface area contributed by atoms with Crippen LogP contribution in [0, 0.1) is 6.92 Å². The van der Waals surface area contributed by atoms with Crippen LogP contribution in [0.5, 0.6) is 0 Å². The van der Waals surface area contributed by atoms with E-state index in [-0.39, 0.29) is 23.9 Å². The molecule has 132 valence electrons. The first kappa shape index (κ1) is 18.4. The van der Waals surface area contributed by atoms with Crippen LogP contribution in [0.2, 0.25) is 0 Å². The van der Waals surface area contributed by atoms with Crippen LogP contribution in [0.25, 0.3) is 0 Å². The lowest BCUT2D eigenvalue weighted by Crippen LogP contribution is -2.39. The third-order valence-corrected chi connectivity index (χ3v) is 5.35. The van der Waals surface area contributed by atoms with Crippen LogP contribution >= 0.6 is 11.3 Å². The fourth-order valence-corrected chi connectivity index (χ4v) is 4.19. The summed E-state index contributed by atoms with van der Waals surface area (Å²) in [6.45, 7) is 4.32. The lowest BCUT2D eigenvalue weighted by atomic mass is 10.1. The van der Waals surface area contributed by atoms with Crippen molar-refractivity contribution in [3.63, 3.8) is 0 Å². The standard InChI is InChI=1S/C17H24N2O4S/c1-3-12-11(2)24-16(15(12)17(22)23)18-13(20)10-19-9-7-5-4-6-8-14(19)21/h3-10H2,1-2H3,(H,18,20)(H,22,23). The molecule has 0 unspecified atom stereocenters. The van der Waals surface area contributed by atoms with Crippen molar-refractivity contribution in [1.29, 1.82) is 0 Å². The van der Waals surface area contributed by atoms with Crippen molar-refractivity contribution in [1.82, 2.24) is 4.90 Å². The summed E-state index contributed by atoms with van der Waals surface area (Å²) in [5.41, 5.74) is 0.928. The summed E-state index contributed by atoms with van der Waals surface area (Å²) in [6, 6.07) is 0. The predicted molar refractivity (Wildman–Crippen MR) is 93.7 cm³/mol. The number of carbonyl (C=O) groups is 3.